The molecular weight excluding hydrogens is 739 g/mol. The van der Waals surface area contributed by atoms with Crippen LogP contribution in [0.1, 0.15) is 10.4 Å². The lowest BCUT2D eigenvalue weighted by Crippen LogP contribution is -1.96. The molecule has 0 amide bonds. The summed E-state index contributed by atoms with van der Waals surface area (Å²) >= 11 is 1.79. The summed E-state index contributed by atoms with van der Waals surface area (Å²) in [6.45, 7) is 6.03. The molecule has 0 unspecified atom stereocenters. The van der Waals surface area contributed by atoms with Gasteiger partial charge in [0.15, 0.2) is 5.82 Å². The van der Waals surface area contributed by atoms with Crippen molar-refractivity contribution in [3.63, 3.8) is 0 Å². The van der Waals surface area contributed by atoms with Crippen LogP contribution in [-0.2, 0) is 0 Å². The third kappa shape index (κ3) is 5.94. The van der Waals surface area contributed by atoms with Crippen LogP contribution in [0.2, 0.25) is 0 Å². The molecule has 0 spiro atoms. The van der Waals surface area contributed by atoms with Gasteiger partial charge >= 0.3 is 0 Å². The van der Waals surface area contributed by atoms with Crippen molar-refractivity contribution >= 4 is 71.1 Å². The predicted molar refractivity (Wildman–Crippen MR) is 249 cm³/mol. The van der Waals surface area contributed by atoms with Crippen molar-refractivity contribution in [2.75, 3.05) is 0 Å². The Bertz CT molecular complexity index is 3450. The molecule has 4 nitrogen and oxygen atoms in total. The van der Waals surface area contributed by atoms with Crippen LogP contribution >= 0.6 is 11.3 Å². The first-order valence-electron chi connectivity index (χ1n) is 19.7. The number of allylic oxidation sites excluding steroid dienone is 2. The van der Waals surface area contributed by atoms with Gasteiger partial charge in [-0.2, -0.15) is 0 Å². The summed E-state index contributed by atoms with van der Waals surface area (Å²) in [5.74, 6) is 0.686. The van der Waals surface area contributed by atoms with Crippen LogP contribution in [-0.4, -0.2) is 15.0 Å². The Balaban J connectivity index is 1.09. The van der Waals surface area contributed by atoms with Crippen molar-refractivity contribution in [2.45, 2.75) is 6.92 Å². The van der Waals surface area contributed by atoms with Crippen LogP contribution in [0.3, 0.4) is 0 Å². The first-order chi connectivity index (χ1) is 29.1. The van der Waals surface area contributed by atoms with E-state index in [4.69, 9.17) is 19.4 Å². The second kappa shape index (κ2) is 14.2. The van der Waals surface area contributed by atoms with E-state index in [2.05, 4.69) is 153 Å². The van der Waals surface area contributed by atoms with Gasteiger partial charge in [-0.05, 0) is 59.8 Å². The molecular formula is C54H35N3OS. The van der Waals surface area contributed by atoms with E-state index in [1.165, 1.54) is 20.5 Å². The number of hydrogen-bond acceptors (Lipinski definition) is 5. The molecule has 7 aromatic carbocycles. The fourth-order valence-electron chi connectivity index (χ4n) is 8.36. The van der Waals surface area contributed by atoms with Crippen LogP contribution < -0.4 is 0 Å². The third-order valence-corrected chi connectivity index (χ3v) is 12.5. The molecule has 4 aromatic heterocycles. The summed E-state index contributed by atoms with van der Waals surface area (Å²) in [7, 11) is 0. The smallest absolute Gasteiger partial charge is 0.160 e. The summed E-state index contributed by atoms with van der Waals surface area (Å²) in [5, 5.41) is 6.78. The fraction of sp³-hybridized carbons (Fsp3) is 0.0185. The second-order valence-electron chi connectivity index (χ2n) is 14.8. The molecule has 0 saturated carbocycles. The summed E-state index contributed by atoms with van der Waals surface area (Å²) in [6.07, 6.45) is 5.94. The van der Waals surface area contributed by atoms with E-state index in [1.807, 2.05) is 42.5 Å². The number of nitrogens with zero attached hydrogens (tertiary/aromatic N) is 3. The molecule has 0 fully saturated rings. The molecule has 59 heavy (non-hydrogen) atoms. The van der Waals surface area contributed by atoms with Crippen molar-refractivity contribution < 1.29 is 4.42 Å². The molecule has 11 rings (SSSR count). The highest BCUT2D eigenvalue weighted by Crippen LogP contribution is 2.46. The Labute approximate surface area is 345 Å². The van der Waals surface area contributed by atoms with E-state index >= 15 is 0 Å². The lowest BCUT2D eigenvalue weighted by molar-refractivity contribution is 0.670. The number of para-hydroxylation sites is 2. The zero-order chi connectivity index (χ0) is 39.5. The standard InChI is InChI=1S/C54H35N3OS/c1-3-4-23-48-33(2)39-29-28-38(30-49(39)59-48)46-32-45(56-54(57-46)37-17-9-6-10-18-37)35-26-24-34(25-27-35)42-31-43-50(51-41-20-12-14-22-47(41)58-53(42)51)40-19-11-13-21-44(40)55-52(43)36-15-7-5-8-16-36/h3-32H,1H2,2H3/b23-4-. The fourth-order valence-corrected chi connectivity index (χ4v) is 9.52. The third-order valence-electron chi connectivity index (χ3n) is 11.3. The molecule has 0 bridgehead atoms. The number of furan rings is 1. The van der Waals surface area contributed by atoms with Crippen LogP contribution in [0.4, 0.5) is 0 Å². The number of aryl methyl sites for hydroxylation is 1. The first kappa shape index (κ1) is 34.8. The number of aromatic nitrogens is 3. The molecule has 0 aliphatic heterocycles. The van der Waals surface area contributed by atoms with Gasteiger partial charge in [-0.3, -0.25) is 0 Å². The summed E-state index contributed by atoms with van der Waals surface area (Å²) in [4.78, 5) is 16.8. The predicted octanol–water partition coefficient (Wildman–Crippen LogP) is 15.1. The highest BCUT2D eigenvalue weighted by Gasteiger charge is 2.22. The van der Waals surface area contributed by atoms with Crippen molar-refractivity contribution in [1.29, 1.82) is 0 Å². The zero-order valence-electron chi connectivity index (χ0n) is 32.2. The highest BCUT2D eigenvalue weighted by atomic mass is 32.1. The average Bonchev–Trinajstić information content (AvgIpc) is 3.85. The van der Waals surface area contributed by atoms with Gasteiger partial charge in [-0.25, -0.2) is 15.0 Å². The van der Waals surface area contributed by atoms with Crippen LogP contribution in [0.5, 0.6) is 0 Å². The van der Waals surface area contributed by atoms with E-state index < -0.39 is 0 Å². The largest absolute Gasteiger partial charge is 0.455 e. The SMILES string of the molecule is C=C/C=C\c1sc2cc(-c3cc(-c4ccc(-c5cc6c(-c7ccccc7)nc7ccccc7c6c6c5oc5ccccc56)cc4)nc(-c4ccccc4)n3)ccc2c1C. The van der Waals surface area contributed by atoms with Gasteiger partial charge in [-0.15, -0.1) is 11.3 Å². The van der Waals surface area contributed by atoms with Gasteiger partial charge in [-0.1, -0.05) is 152 Å². The Morgan fingerprint density at radius 2 is 1.20 bits per heavy atom. The molecule has 5 heteroatoms. The average molecular weight is 774 g/mol. The van der Waals surface area contributed by atoms with Crippen molar-refractivity contribution in [1.82, 2.24) is 15.0 Å². The van der Waals surface area contributed by atoms with Crippen molar-refractivity contribution in [3.8, 4) is 56.3 Å². The minimum absolute atomic E-state index is 0.686. The minimum Gasteiger partial charge on any atom is -0.455 e. The topological polar surface area (TPSA) is 51.8 Å². The molecule has 11 aromatic rings. The lowest BCUT2D eigenvalue weighted by Gasteiger charge is -2.14. The van der Waals surface area contributed by atoms with E-state index in [9.17, 15) is 0 Å². The highest BCUT2D eigenvalue weighted by molar-refractivity contribution is 7.20. The van der Waals surface area contributed by atoms with Crippen molar-refractivity contribution in [3.05, 3.63) is 193 Å². The number of benzene rings is 7. The maximum absolute atomic E-state index is 6.80. The van der Waals surface area contributed by atoms with Crippen molar-refractivity contribution in [2.24, 2.45) is 0 Å². The van der Waals surface area contributed by atoms with E-state index in [0.717, 1.165) is 94.1 Å². The molecule has 278 valence electrons. The van der Waals surface area contributed by atoms with Gasteiger partial charge in [0.1, 0.15) is 11.2 Å². The Kier molecular flexibility index (Phi) is 8.35. The Hall–Kier alpha value is -7.47. The lowest BCUT2D eigenvalue weighted by atomic mass is 9.91. The molecule has 0 N–H and O–H groups in total. The second-order valence-corrected chi connectivity index (χ2v) is 15.9. The van der Waals surface area contributed by atoms with Gasteiger partial charge in [0.05, 0.1) is 22.6 Å². The van der Waals surface area contributed by atoms with Crippen LogP contribution in [0.15, 0.2) is 187 Å². The maximum Gasteiger partial charge on any atom is 0.160 e. The first-order valence-corrected chi connectivity index (χ1v) is 20.5. The zero-order valence-corrected chi connectivity index (χ0v) is 33.0. The van der Waals surface area contributed by atoms with Gasteiger partial charge in [0.25, 0.3) is 0 Å². The van der Waals surface area contributed by atoms with Gasteiger partial charge in [0, 0.05) is 64.3 Å². The maximum atomic E-state index is 6.80. The number of fused-ring (bicyclic) bond motifs is 8. The van der Waals surface area contributed by atoms with Gasteiger partial charge < -0.3 is 4.42 Å². The quantitative estimate of drug-likeness (QED) is 0.120. The number of rotatable bonds is 7. The van der Waals surface area contributed by atoms with E-state index in [0.29, 0.717) is 5.82 Å². The molecule has 0 aliphatic rings. The Morgan fingerprint density at radius 1 is 0.542 bits per heavy atom. The summed E-state index contributed by atoms with van der Waals surface area (Å²) in [5.41, 5.74) is 12.8. The number of pyridine rings is 1. The van der Waals surface area contributed by atoms with E-state index in [1.54, 1.807) is 11.3 Å². The van der Waals surface area contributed by atoms with Crippen LogP contribution in [0.25, 0.3) is 116 Å². The molecule has 0 saturated heterocycles. The van der Waals surface area contributed by atoms with E-state index in [-0.39, 0.29) is 0 Å². The number of thiophene rings is 1. The molecule has 0 radical (unpaired) electrons. The summed E-state index contributed by atoms with van der Waals surface area (Å²) in [6, 6.07) is 57.2. The van der Waals surface area contributed by atoms with Crippen LogP contribution in [0, 0.1) is 6.92 Å². The molecule has 4 heterocycles. The minimum atomic E-state index is 0.686. The number of hydrogen-bond donors (Lipinski definition) is 0. The monoisotopic (exact) mass is 773 g/mol. The Morgan fingerprint density at radius 3 is 1.98 bits per heavy atom. The normalized spacial score (nSPS) is 11.8. The van der Waals surface area contributed by atoms with Gasteiger partial charge in [0.2, 0.25) is 0 Å². The molecule has 0 atom stereocenters. The molecule has 0 aliphatic carbocycles. The summed E-state index contributed by atoms with van der Waals surface area (Å²) < 4.78 is 8.02.